The average Bonchev–Trinajstić information content (AvgIpc) is 3.07. The van der Waals surface area contributed by atoms with Crippen LogP contribution in [0.15, 0.2) is 72.8 Å². The van der Waals surface area contributed by atoms with Crippen LogP contribution in [0.5, 0.6) is 0 Å². The summed E-state index contributed by atoms with van der Waals surface area (Å²) in [7, 11) is 0. The van der Waals surface area contributed by atoms with Gasteiger partial charge in [0.1, 0.15) is 12.7 Å². The van der Waals surface area contributed by atoms with Gasteiger partial charge in [0.15, 0.2) is 0 Å². The summed E-state index contributed by atoms with van der Waals surface area (Å²) in [5, 5.41) is 7.13. The van der Waals surface area contributed by atoms with Crippen LogP contribution in [0, 0.1) is 5.92 Å². The first-order valence-corrected chi connectivity index (χ1v) is 8.22. The van der Waals surface area contributed by atoms with Crippen LogP contribution in [0.2, 0.25) is 0 Å². The van der Waals surface area contributed by atoms with E-state index in [0.717, 1.165) is 28.0 Å². The maximum absolute atomic E-state index is 12.5. The Balaban J connectivity index is 1.35. The molecule has 0 saturated carbocycles. The molecule has 0 bridgehead atoms. The van der Waals surface area contributed by atoms with E-state index in [4.69, 9.17) is 0 Å². The normalized spacial score (nSPS) is 16.0. The van der Waals surface area contributed by atoms with Crippen LogP contribution < -0.4 is 5.32 Å². The quantitative estimate of drug-likeness (QED) is 0.782. The lowest BCUT2D eigenvalue weighted by atomic mass is 10.1. The minimum atomic E-state index is -0.0863. The molecule has 0 fully saturated rings. The molecule has 0 aliphatic heterocycles. The fourth-order valence-corrected chi connectivity index (χ4v) is 3.07. The first kappa shape index (κ1) is 15.3. The van der Waals surface area contributed by atoms with E-state index in [1.165, 1.54) is 6.33 Å². The van der Waals surface area contributed by atoms with E-state index in [2.05, 4.69) is 27.5 Å². The predicted octanol–water partition coefficient (Wildman–Crippen LogP) is 2.99. The number of carbonyl (C=O) groups excluding carboxylic acids is 1. The van der Waals surface area contributed by atoms with E-state index in [1.807, 2.05) is 49.4 Å². The van der Waals surface area contributed by atoms with Gasteiger partial charge in [-0.05, 0) is 35.8 Å². The van der Waals surface area contributed by atoms with E-state index < -0.39 is 0 Å². The molecule has 124 valence electrons. The van der Waals surface area contributed by atoms with Crippen molar-refractivity contribution in [3.8, 4) is 5.69 Å². The number of amides is 1. The van der Waals surface area contributed by atoms with Crippen LogP contribution in [0.25, 0.3) is 11.3 Å². The summed E-state index contributed by atoms with van der Waals surface area (Å²) in [4.78, 5) is 16.4. The fraction of sp³-hybridized carbons (Fsp3) is 0.150. The van der Waals surface area contributed by atoms with Crippen molar-refractivity contribution in [3.05, 3.63) is 84.0 Å². The van der Waals surface area contributed by atoms with Crippen molar-refractivity contribution in [1.82, 2.24) is 20.1 Å². The fourth-order valence-electron chi connectivity index (χ4n) is 3.07. The minimum Gasteiger partial charge on any atom is -0.351 e. The van der Waals surface area contributed by atoms with Crippen LogP contribution >= 0.6 is 0 Å². The summed E-state index contributed by atoms with van der Waals surface area (Å²) < 4.78 is 1.70. The van der Waals surface area contributed by atoms with E-state index in [0.29, 0.717) is 6.54 Å². The highest BCUT2D eigenvalue weighted by atomic mass is 16.2. The Labute approximate surface area is 146 Å². The Bertz CT molecular complexity index is 912. The average molecular weight is 330 g/mol. The van der Waals surface area contributed by atoms with Crippen LogP contribution in [-0.2, 0) is 11.3 Å². The molecule has 0 spiro atoms. The first-order valence-electron chi connectivity index (χ1n) is 8.22. The van der Waals surface area contributed by atoms with Crippen molar-refractivity contribution in [2.75, 3.05) is 0 Å². The molecule has 1 heterocycles. The zero-order valence-corrected chi connectivity index (χ0v) is 13.9. The number of nitrogens with zero attached hydrogens (tertiary/aromatic N) is 3. The molecule has 1 aromatic heterocycles. The molecule has 5 nitrogen and oxygen atoms in total. The summed E-state index contributed by atoms with van der Waals surface area (Å²) in [6.45, 7) is 2.54. The summed E-state index contributed by atoms with van der Waals surface area (Å²) in [5.41, 5.74) is 5.44. The van der Waals surface area contributed by atoms with Crippen molar-refractivity contribution in [1.29, 1.82) is 0 Å². The van der Waals surface area contributed by atoms with E-state index >= 15 is 0 Å². The van der Waals surface area contributed by atoms with Crippen molar-refractivity contribution < 1.29 is 4.79 Å². The van der Waals surface area contributed by atoms with Gasteiger partial charge in [-0.25, -0.2) is 9.67 Å². The highest BCUT2D eigenvalue weighted by Crippen LogP contribution is 2.46. The Hall–Kier alpha value is -3.21. The molecular formula is C20H18N4O. The number of hydrogen-bond donors (Lipinski definition) is 1. The number of hydrogen-bond acceptors (Lipinski definition) is 3. The van der Waals surface area contributed by atoms with Gasteiger partial charge in [-0.2, -0.15) is 5.10 Å². The second kappa shape index (κ2) is 6.36. The molecular weight excluding hydrogens is 312 g/mol. The summed E-state index contributed by atoms with van der Waals surface area (Å²) >= 11 is 0. The SMILES string of the molecule is CC1=C(c2ccccc2)C1C(=O)NCc1ccc(-n2cncn2)cc1. The van der Waals surface area contributed by atoms with Crippen LogP contribution in [0.3, 0.4) is 0 Å². The third kappa shape index (κ3) is 3.08. The molecule has 1 aliphatic rings. The van der Waals surface area contributed by atoms with Gasteiger partial charge < -0.3 is 5.32 Å². The van der Waals surface area contributed by atoms with Gasteiger partial charge >= 0.3 is 0 Å². The largest absolute Gasteiger partial charge is 0.351 e. The molecule has 0 saturated heterocycles. The Morgan fingerprint density at radius 2 is 1.88 bits per heavy atom. The number of rotatable bonds is 5. The molecule has 1 aliphatic carbocycles. The Kier molecular flexibility index (Phi) is 3.90. The van der Waals surface area contributed by atoms with Crippen LogP contribution in [0.4, 0.5) is 0 Å². The molecule has 5 heteroatoms. The minimum absolute atomic E-state index is 0.0664. The van der Waals surface area contributed by atoms with E-state index in [-0.39, 0.29) is 11.8 Å². The number of aromatic nitrogens is 3. The summed E-state index contributed by atoms with van der Waals surface area (Å²) in [5.74, 6) is -0.0199. The topological polar surface area (TPSA) is 59.8 Å². The lowest BCUT2D eigenvalue weighted by molar-refractivity contribution is -0.121. The van der Waals surface area contributed by atoms with Crippen LogP contribution in [-0.4, -0.2) is 20.7 Å². The predicted molar refractivity (Wildman–Crippen MR) is 95.7 cm³/mol. The lowest BCUT2D eigenvalue weighted by Gasteiger charge is -2.07. The zero-order chi connectivity index (χ0) is 17.2. The van der Waals surface area contributed by atoms with Gasteiger partial charge in [0.2, 0.25) is 5.91 Å². The standard InChI is InChI=1S/C20H18N4O/c1-14-18(16-5-3-2-4-6-16)19(14)20(25)22-11-15-7-9-17(10-8-15)24-13-21-12-23-24/h2-10,12-13,19H,11H2,1H3,(H,22,25). The molecule has 3 aromatic rings. The molecule has 1 N–H and O–H groups in total. The third-order valence-electron chi connectivity index (χ3n) is 4.50. The van der Waals surface area contributed by atoms with Gasteiger partial charge in [0, 0.05) is 6.54 Å². The number of benzene rings is 2. The summed E-state index contributed by atoms with van der Waals surface area (Å²) in [6, 6.07) is 18.0. The third-order valence-corrected chi connectivity index (χ3v) is 4.50. The molecule has 25 heavy (non-hydrogen) atoms. The van der Waals surface area contributed by atoms with E-state index in [1.54, 1.807) is 11.0 Å². The van der Waals surface area contributed by atoms with Crippen molar-refractivity contribution >= 4 is 11.5 Å². The zero-order valence-electron chi connectivity index (χ0n) is 13.9. The molecule has 1 unspecified atom stereocenters. The van der Waals surface area contributed by atoms with Crippen LogP contribution in [0.1, 0.15) is 18.1 Å². The second-order valence-corrected chi connectivity index (χ2v) is 6.12. The highest BCUT2D eigenvalue weighted by molar-refractivity contribution is 6.05. The Morgan fingerprint density at radius 1 is 1.12 bits per heavy atom. The van der Waals surface area contributed by atoms with Crippen molar-refractivity contribution in [3.63, 3.8) is 0 Å². The molecule has 4 rings (SSSR count). The second-order valence-electron chi connectivity index (χ2n) is 6.12. The maximum Gasteiger partial charge on any atom is 0.231 e. The molecule has 1 amide bonds. The Morgan fingerprint density at radius 3 is 2.56 bits per heavy atom. The maximum atomic E-state index is 12.5. The van der Waals surface area contributed by atoms with Gasteiger partial charge in [-0.3, -0.25) is 4.79 Å². The first-order chi connectivity index (χ1) is 12.2. The number of nitrogens with one attached hydrogen (secondary N) is 1. The van der Waals surface area contributed by atoms with Gasteiger partial charge in [-0.1, -0.05) is 48.0 Å². The van der Waals surface area contributed by atoms with Crippen molar-refractivity contribution in [2.24, 2.45) is 5.92 Å². The van der Waals surface area contributed by atoms with Gasteiger partial charge in [0.05, 0.1) is 11.6 Å². The van der Waals surface area contributed by atoms with Crippen molar-refractivity contribution in [2.45, 2.75) is 13.5 Å². The van der Waals surface area contributed by atoms with E-state index in [9.17, 15) is 4.79 Å². The molecule has 2 aromatic carbocycles. The lowest BCUT2D eigenvalue weighted by Crippen LogP contribution is -2.25. The van der Waals surface area contributed by atoms with Gasteiger partial charge in [-0.15, -0.1) is 0 Å². The summed E-state index contributed by atoms with van der Waals surface area (Å²) in [6.07, 6.45) is 3.16. The van der Waals surface area contributed by atoms with Gasteiger partial charge in [0.25, 0.3) is 0 Å². The monoisotopic (exact) mass is 330 g/mol. The molecule has 1 atom stereocenters. The highest BCUT2D eigenvalue weighted by Gasteiger charge is 2.39. The smallest absolute Gasteiger partial charge is 0.231 e. The molecule has 0 radical (unpaired) electrons. The number of carbonyl (C=O) groups is 1.